The number of methoxy groups -OCH3 is 1. The van der Waals surface area contributed by atoms with Crippen molar-refractivity contribution in [1.82, 2.24) is 0 Å². The van der Waals surface area contributed by atoms with Gasteiger partial charge in [0.2, 0.25) is 0 Å². The maximum absolute atomic E-state index is 10.7. The summed E-state index contributed by atoms with van der Waals surface area (Å²) in [4.78, 5) is 10.7. The summed E-state index contributed by atoms with van der Waals surface area (Å²) in [5.41, 5.74) is 0.764. The number of hydrogen-bond donors (Lipinski definition) is 2. The Morgan fingerprint density at radius 3 is 2.79 bits per heavy atom. The van der Waals surface area contributed by atoms with Crippen LogP contribution in [0.25, 0.3) is 0 Å². The van der Waals surface area contributed by atoms with Crippen molar-refractivity contribution in [2.75, 3.05) is 13.7 Å². The first kappa shape index (κ1) is 10.5. The highest BCUT2D eigenvalue weighted by atomic mass is 16.5. The van der Waals surface area contributed by atoms with Crippen LogP contribution in [0.1, 0.15) is 15.9 Å². The van der Waals surface area contributed by atoms with E-state index in [4.69, 9.17) is 9.84 Å². The molecule has 0 heterocycles. The molecular weight excluding hydrogens is 184 g/mol. The van der Waals surface area contributed by atoms with Gasteiger partial charge in [-0.2, -0.15) is 0 Å². The van der Waals surface area contributed by atoms with Crippen LogP contribution >= 0.6 is 0 Å². The molecule has 14 heavy (non-hydrogen) atoms. The van der Waals surface area contributed by atoms with Crippen LogP contribution in [0.3, 0.4) is 0 Å². The van der Waals surface area contributed by atoms with E-state index in [1.54, 1.807) is 13.2 Å². The molecule has 0 aliphatic heterocycles. The first-order valence-electron chi connectivity index (χ1n) is 4.19. The lowest BCUT2D eigenvalue weighted by molar-refractivity contribution is 0.0693. The van der Waals surface area contributed by atoms with E-state index in [1.807, 2.05) is 0 Å². The Morgan fingerprint density at radius 1 is 1.50 bits per heavy atom. The fourth-order valence-corrected chi connectivity index (χ4v) is 1.13. The Bertz CT molecular complexity index is 333. The van der Waals surface area contributed by atoms with Gasteiger partial charge in [0.05, 0.1) is 6.61 Å². The lowest BCUT2D eigenvalue weighted by Gasteiger charge is -2.03. The number of hydrogen-bond acceptors (Lipinski definition) is 3. The Morgan fingerprint density at radius 2 is 2.21 bits per heavy atom. The van der Waals surface area contributed by atoms with Crippen molar-refractivity contribution < 1.29 is 19.7 Å². The third kappa shape index (κ3) is 2.47. The number of benzene rings is 1. The second-order valence-electron chi connectivity index (χ2n) is 2.90. The second kappa shape index (κ2) is 4.62. The zero-order valence-corrected chi connectivity index (χ0v) is 7.86. The van der Waals surface area contributed by atoms with Gasteiger partial charge in [-0.05, 0) is 24.1 Å². The van der Waals surface area contributed by atoms with Crippen molar-refractivity contribution in [1.29, 1.82) is 0 Å². The van der Waals surface area contributed by atoms with Crippen LogP contribution in [-0.4, -0.2) is 29.9 Å². The third-order valence-electron chi connectivity index (χ3n) is 1.89. The summed E-state index contributed by atoms with van der Waals surface area (Å²) in [5, 5.41) is 17.9. The number of carbonyl (C=O) groups is 1. The summed E-state index contributed by atoms with van der Waals surface area (Å²) < 4.78 is 4.87. The zero-order chi connectivity index (χ0) is 10.6. The molecule has 1 aromatic carbocycles. The van der Waals surface area contributed by atoms with Gasteiger partial charge in [0, 0.05) is 7.11 Å². The maximum atomic E-state index is 10.7. The number of ether oxygens (including phenoxy) is 1. The van der Waals surface area contributed by atoms with Gasteiger partial charge in [-0.15, -0.1) is 0 Å². The smallest absolute Gasteiger partial charge is 0.339 e. The predicted molar refractivity (Wildman–Crippen MR) is 50.6 cm³/mol. The summed E-state index contributed by atoms with van der Waals surface area (Å²) in [6, 6.07) is 4.52. The molecule has 0 bridgehead atoms. The molecule has 0 spiro atoms. The highest BCUT2D eigenvalue weighted by Crippen LogP contribution is 2.18. The molecule has 0 amide bonds. The van der Waals surface area contributed by atoms with Crippen molar-refractivity contribution >= 4 is 5.97 Å². The van der Waals surface area contributed by atoms with Gasteiger partial charge in [-0.3, -0.25) is 0 Å². The molecule has 1 rings (SSSR count). The lowest BCUT2D eigenvalue weighted by Crippen LogP contribution is -2.00. The number of rotatable bonds is 4. The van der Waals surface area contributed by atoms with Gasteiger partial charge >= 0.3 is 5.97 Å². The predicted octanol–water partition coefficient (Wildman–Crippen LogP) is 1.28. The highest BCUT2D eigenvalue weighted by Gasteiger charge is 2.09. The molecule has 4 nitrogen and oxygen atoms in total. The van der Waals surface area contributed by atoms with E-state index in [9.17, 15) is 9.90 Å². The quantitative estimate of drug-likeness (QED) is 0.761. The first-order chi connectivity index (χ1) is 6.65. The summed E-state index contributed by atoms with van der Waals surface area (Å²) in [5.74, 6) is -1.33. The number of aromatic carboxylic acids is 1. The molecule has 0 saturated heterocycles. The third-order valence-corrected chi connectivity index (χ3v) is 1.89. The summed E-state index contributed by atoms with van der Waals surface area (Å²) in [6.07, 6.45) is 0.636. The average Bonchev–Trinajstić information content (AvgIpc) is 2.16. The number of carboxylic acids is 1. The largest absolute Gasteiger partial charge is 0.507 e. The van der Waals surface area contributed by atoms with Crippen LogP contribution in [0.5, 0.6) is 5.75 Å². The summed E-state index contributed by atoms with van der Waals surface area (Å²) in [6.45, 7) is 0.532. The minimum Gasteiger partial charge on any atom is -0.507 e. The second-order valence-corrected chi connectivity index (χ2v) is 2.90. The molecule has 0 aliphatic rings. The molecule has 0 unspecified atom stereocenters. The first-order valence-corrected chi connectivity index (χ1v) is 4.19. The van der Waals surface area contributed by atoms with Crippen LogP contribution in [0.2, 0.25) is 0 Å². The lowest BCUT2D eigenvalue weighted by atomic mass is 10.1. The topological polar surface area (TPSA) is 66.8 Å². The molecule has 4 heteroatoms. The monoisotopic (exact) mass is 196 g/mol. The van der Waals surface area contributed by atoms with Crippen molar-refractivity contribution in [3.63, 3.8) is 0 Å². The molecule has 0 atom stereocenters. The van der Waals surface area contributed by atoms with E-state index in [1.165, 1.54) is 12.1 Å². The maximum Gasteiger partial charge on any atom is 0.339 e. The highest BCUT2D eigenvalue weighted by molar-refractivity contribution is 5.90. The van der Waals surface area contributed by atoms with Crippen molar-refractivity contribution in [2.45, 2.75) is 6.42 Å². The number of aromatic hydroxyl groups is 1. The van der Waals surface area contributed by atoms with E-state index in [-0.39, 0.29) is 11.3 Å². The zero-order valence-electron chi connectivity index (χ0n) is 7.86. The summed E-state index contributed by atoms with van der Waals surface area (Å²) >= 11 is 0. The van der Waals surface area contributed by atoms with Gasteiger partial charge in [0.15, 0.2) is 0 Å². The van der Waals surface area contributed by atoms with E-state index in [2.05, 4.69) is 0 Å². The molecule has 0 aliphatic carbocycles. The molecule has 0 fully saturated rings. The van der Waals surface area contributed by atoms with Crippen LogP contribution in [-0.2, 0) is 11.2 Å². The SMILES string of the molecule is COCCc1ccc(O)c(C(=O)O)c1. The van der Waals surface area contributed by atoms with Gasteiger partial charge in [0.25, 0.3) is 0 Å². The Labute approximate surface area is 81.8 Å². The minimum absolute atomic E-state index is 0.0707. The molecule has 0 radical (unpaired) electrons. The molecule has 76 valence electrons. The number of phenols is 1. The molecule has 2 N–H and O–H groups in total. The van der Waals surface area contributed by atoms with Gasteiger partial charge < -0.3 is 14.9 Å². The number of carboxylic acid groups (broad SMARTS) is 1. The van der Waals surface area contributed by atoms with E-state index in [0.717, 1.165) is 5.56 Å². The Hall–Kier alpha value is -1.55. The van der Waals surface area contributed by atoms with E-state index >= 15 is 0 Å². The van der Waals surface area contributed by atoms with Gasteiger partial charge in [-0.1, -0.05) is 6.07 Å². The normalized spacial score (nSPS) is 10.1. The fourth-order valence-electron chi connectivity index (χ4n) is 1.13. The van der Waals surface area contributed by atoms with Crippen LogP contribution in [0.4, 0.5) is 0 Å². The Balaban J connectivity index is 2.89. The van der Waals surface area contributed by atoms with Gasteiger partial charge in [0.1, 0.15) is 11.3 Å². The standard InChI is InChI=1S/C10H12O4/c1-14-5-4-7-2-3-9(11)8(6-7)10(12)13/h2-3,6,11H,4-5H2,1H3,(H,12,13). The van der Waals surface area contributed by atoms with Crippen molar-refractivity contribution in [3.05, 3.63) is 29.3 Å². The molecule has 1 aromatic rings. The van der Waals surface area contributed by atoms with E-state index in [0.29, 0.717) is 13.0 Å². The van der Waals surface area contributed by atoms with Crippen LogP contribution in [0, 0.1) is 0 Å². The Kier molecular flexibility index (Phi) is 3.48. The van der Waals surface area contributed by atoms with Crippen molar-refractivity contribution in [2.24, 2.45) is 0 Å². The fraction of sp³-hybridized carbons (Fsp3) is 0.300. The van der Waals surface area contributed by atoms with Crippen molar-refractivity contribution in [3.8, 4) is 5.75 Å². The summed E-state index contributed by atoms with van der Waals surface area (Å²) in [7, 11) is 1.58. The van der Waals surface area contributed by atoms with Gasteiger partial charge in [-0.25, -0.2) is 4.79 Å². The minimum atomic E-state index is -1.12. The average molecular weight is 196 g/mol. The van der Waals surface area contributed by atoms with Crippen LogP contribution in [0.15, 0.2) is 18.2 Å². The van der Waals surface area contributed by atoms with Crippen LogP contribution < -0.4 is 0 Å². The molecular formula is C10H12O4. The molecule has 0 saturated carbocycles. The molecule has 0 aromatic heterocycles. The van der Waals surface area contributed by atoms with E-state index < -0.39 is 5.97 Å².